The minimum atomic E-state index is -3.57. The molecule has 5 aromatic carbocycles. The Balaban J connectivity index is 1.32. The van der Waals surface area contributed by atoms with Crippen LogP contribution in [0.4, 0.5) is 0 Å². The zero-order valence-corrected chi connectivity index (χ0v) is 27.0. The molecule has 0 spiro atoms. The standard InChI is InChI=1S/C39H41NO4S/c1-31-15-25-38(26-16-31)45(41,42)40(3)28-10-27-39(2,34-17-21-36(22-18-34)43-29-32-11-6-4-7-12-32)35-19-23-37(24-20-35)44-30-33-13-8-5-9-14-33/h4-9,11-26H,10,27-30H2,1-3H3. The maximum atomic E-state index is 13.2. The Labute approximate surface area is 268 Å². The van der Waals surface area contributed by atoms with Gasteiger partial charge in [0, 0.05) is 19.0 Å². The lowest BCUT2D eigenvalue weighted by Gasteiger charge is -2.32. The summed E-state index contributed by atoms with van der Waals surface area (Å²) in [6, 6.07) is 43.8. The second-order valence-electron chi connectivity index (χ2n) is 11.7. The average Bonchev–Trinajstić information content (AvgIpc) is 3.08. The van der Waals surface area contributed by atoms with Crippen LogP contribution < -0.4 is 9.47 Å². The van der Waals surface area contributed by atoms with Crippen molar-refractivity contribution >= 4 is 10.0 Å². The second kappa shape index (κ2) is 14.6. The van der Waals surface area contributed by atoms with Crippen LogP contribution in [0, 0.1) is 6.92 Å². The summed E-state index contributed by atoms with van der Waals surface area (Å²) < 4.78 is 40.0. The number of benzene rings is 5. The predicted molar refractivity (Wildman–Crippen MR) is 181 cm³/mol. The minimum absolute atomic E-state index is 0.315. The van der Waals surface area contributed by atoms with Gasteiger partial charge in [-0.3, -0.25) is 0 Å². The molecule has 0 saturated heterocycles. The molecule has 0 heterocycles. The molecule has 0 unspecified atom stereocenters. The fraction of sp³-hybridized carbons (Fsp3) is 0.231. The first kappa shape index (κ1) is 32.0. The minimum Gasteiger partial charge on any atom is -0.489 e. The highest BCUT2D eigenvalue weighted by molar-refractivity contribution is 7.89. The van der Waals surface area contributed by atoms with E-state index in [2.05, 4.69) is 55.5 Å². The largest absolute Gasteiger partial charge is 0.489 e. The lowest BCUT2D eigenvalue weighted by molar-refractivity contribution is 0.305. The number of rotatable bonds is 14. The zero-order chi connectivity index (χ0) is 31.7. The maximum absolute atomic E-state index is 13.2. The molecule has 0 radical (unpaired) electrons. The van der Waals surface area contributed by atoms with Crippen molar-refractivity contribution in [1.82, 2.24) is 4.31 Å². The maximum Gasteiger partial charge on any atom is 0.242 e. The summed E-state index contributed by atoms with van der Waals surface area (Å²) in [5, 5.41) is 0. The van der Waals surface area contributed by atoms with E-state index in [1.54, 1.807) is 19.2 Å². The number of aryl methyl sites for hydroxylation is 1. The summed E-state index contributed by atoms with van der Waals surface area (Å²) >= 11 is 0. The molecule has 5 aromatic rings. The third-order valence-electron chi connectivity index (χ3n) is 8.36. The van der Waals surface area contributed by atoms with Gasteiger partial charge in [-0.05, 0) is 78.4 Å². The molecule has 0 atom stereocenters. The van der Waals surface area contributed by atoms with Crippen LogP contribution in [-0.4, -0.2) is 26.3 Å². The van der Waals surface area contributed by atoms with Crippen LogP contribution in [0.3, 0.4) is 0 Å². The van der Waals surface area contributed by atoms with E-state index in [-0.39, 0.29) is 5.41 Å². The van der Waals surface area contributed by atoms with Crippen molar-refractivity contribution in [2.45, 2.75) is 50.2 Å². The Kier molecular flexibility index (Phi) is 10.4. The Morgan fingerprint density at radius 3 is 1.51 bits per heavy atom. The number of nitrogens with zero attached hydrogens (tertiary/aromatic N) is 1. The number of hydrogen-bond donors (Lipinski definition) is 0. The van der Waals surface area contributed by atoms with Crippen LogP contribution in [0.2, 0.25) is 0 Å². The van der Waals surface area contributed by atoms with Crippen molar-refractivity contribution < 1.29 is 17.9 Å². The monoisotopic (exact) mass is 619 g/mol. The molecule has 0 aliphatic rings. The zero-order valence-electron chi connectivity index (χ0n) is 26.2. The Hall–Kier alpha value is -4.39. The van der Waals surface area contributed by atoms with Crippen molar-refractivity contribution in [2.75, 3.05) is 13.6 Å². The molecule has 0 fully saturated rings. The van der Waals surface area contributed by atoms with E-state index < -0.39 is 10.0 Å². The van der Waals surface area contributed by atoms with Gasteiger partial charge in [0.25, 0.3) is 0 Å². The molecule has 5 nitrogen and oxygen atoms in total. The van der Waals surface area contributed by atoms with Crippen LogP contribution in [0.1, 0.15) is 47.6 Å². The summed E-state index contributed by atoms with van der Waals surface area (Å²) in [7, 11) is -1.92. The van der Waals surface area contributed by atoms with E-state index in [9.17, 15) is 8.42 Å². The first-order chi connectivity index (χ1) is 21.7. The van der Waals surface area contributed by atoms with Gasteiger partial charge in [-0.15, -0.1) is 0 Å². The van der Waals surface area contributed by atoms with Crippen LogP contribution >= 0.6 is 0 Å². The third kappa shape index (κ3) is 8.21. The summed E-state index contributed by atoms with van der Waals surface area (Å²) in [6.07, 6.45) is 1.42. The third-order valence-corrected chi connectivity index (χ3v) is 10.2. The quantitative estimate of drug-likeness (QED) is 0.125. The van der Waals surface area contributed by atoms with Gasteiger partial charge in [0.15, 0.2) is 0 Å². The molecule has 6 heteroatoms. The fourth-order valence-corrected chi connectivity index (χ4v) is 6.65. The summed E-state index contributed by atoms with van der Waals surface area (Å²) in [4.78, 5) is 0.315. The molecule has 0 aliphatic heterocycles. The van der Waals surface area contributed by atoms with Crippen LogP contribution in [0.25, 0.3) is 0 Å². The van der Waals surface area contributed by atoms with Crippen molar-refractivity contribution in [3.05, 3.63) is 161 Å². The first-order valence-corrected chi connectivity index (χ1v) is 16.8. The van der Waals surface area contributed by atoms with Gasteiger partial charge in [-0.25, -0.2) is 12.7 Å². The van der Waals surface area contributed by atoms with Gasteiger partial charge in [0.2, 0.25) is 10.0 Å². The van der Waals surface area contributed by atoms with E-state index in [4.69, 9.17) is 9.47 Å². The molecule has 0 saturated carbocycles. The highest BCUT2D eigenvalue weighted by Crippen LogP contribution is 2.38. The van der Waals surface area contributed by atoms with Gasteiger partial charge >= 0.3 is 0 Å². The summed E-state index contributed by atoms with van der Waals surface area (Å²) in [5.41, 5.74) is 5.16. The fourth-order valence-electron chi connectivity index (χ4n) is 5.44. The number of hydrogen-bond acceptors (Lipinski definition) is 4. The summed E-state index contributed by atoms with van der Waals surface area (Å²) in [6.45, 7) is 5.59. The van der Waals surface area contributed by atoms with Crippen LogP contribution in [0.15, 0.2) is 138 Å². The van der Waals surface area contributed by atoms with Gasteiger partial charge < -0.3 is 9.47 Å². The number of sulfonamides is 1. The van der Waals surface area contributed by atoms with E-state index in [1.165, 1.54) is 4.31 Å². The van der Waals surface area contributed by atoms with Crippen LogP contribution in [-0.2, 0) is 28.7 Å². The Morgan fingerprint density at radius 2 is 1.07 bits per heavy atom. The lowest BCUT2D eigenvalue weighted by atomic mass is 9.73. The lowest BCUT2D eigenvalue weighted by Crippen LogP contribution is -2.30. The first-order valence-electron chi connectivity index (χ1n) is 15.3. The van der Waals surface area contributed by atoms with Crippen molar-refractivity contribution in [3.63, 3.8) is 0 Å². The normalized spacial score (nSPS) is 11.8. The van der Waals surface area contributed by atoms with Gasteiger partial charge in [0.05, 0.1) is 4.90 Å². The topological polar surface area (TPSA) is 55.8 Å². The van der Waals surface area contributed by atoms with Gasteiger partial charge in [-0.2, -0.15) is 0 Å². The Bertz CT molecular complexity index is 1650. The van der Waals surface area contributed by atoms with Crippen LogP contribution in [0.5, 0.6) is 11.5 Å². The molecule has 5 rings (SSSR count). The van der Waals surface area contributed by atoms with Gasteiger partial charge in [0.1, 0.15) is 24.7 Å². The molecular weight excluding hydrogens is 578 g/mol. The van der Waals surface area contributed by atoms with E-state index in [1.807, 2.05) is 79.7 Å². The predicted octanol–water partition coefficient (Wildman–Crippen LogP) is 8.56. The molecule has 0 N–H and O–H groups in total. The second-order valence-corrected chi connectivity index (χ2v) is 13.7. The molecular formula is C39H41NO4S. The van der Waals surface area contributed by atoms with E-state index in [0.717, 1.165) is 45.7 Å². The highest BCUT2D eigenvalue weighted by atomic mass is 32.2. The average molecular weight is 620 g/mol. The molecule has 0 aromatic heterocycles. The molecule has 232 valence electrons. The Morgan fingerprint density at radius 1 is 0.622 bits per heavy atom. The van der Waals surface area contributed by atoms with Gasteiger partial charge in [-0.1, -0.05) is 110 Å². The number of ether oxygens (including phenoxy) is 2. The highest BCUT2D eigenvalue weighted by Gasteiger charge is 2.30. The molecule has 0 aliphatic carbocycles. The van der Waals surface area contributed by atoms with Crippen molar-refractivity contribution in [3.8, 4) is 11.5 Å². The molecule has 0 amide bonds. The van der Waals surface area contributed by atoms with E-state index >= 15 is 0 Å². The van der Waals surface area contributed by atoms with E-state index in [0.29, 0.717) is 31.1 Å². The molecule has 0 bridgehead atoms. The molecule has 45 heavy (non-hydrogen) atoms. The van der Waals surface area contributed by atoms with Crippen molar-refractivity contribution in [2.24, 2.45) is 0 Å². The smallest absolute Gasteiger partial charge is 0.242 e. The summed E-state index contributed by atoms with van der Waals surface area (Å²) in [5.74, 6) is 1.61. The van der Waals surface area contributed by atoms with Crippen molar-refractivity contribution in [1.29, 1.82) is 0 Å². The SMILES string of the molecule is Cc1ccc(S(=O)(=O)N(C)CCCC(C)(c2ccc(OCc3ccccc3)cc2)c2ccc(OCc3ccccc3)cc2)cc1.